The van der Waals surface area contributed by atoms with Crippen molar-refractivity contribution >= 4 is 18.4 Å². The number of hydrogen-bond donors (Lipinski definition) is 1. The molecule has 0 radical (unpaired) electrons. The van der Waals surface area contributed by atoms with E-state index in [0.717, 1.165) is 13.0 Å². The first kappa shape index (κ1) is 10.8. The molecule has 3 nitrogen and oxygen atoms in total. The molecule has 13 heavy (non-hydrogen) atoms. The van der Waals surface area contributed by atoms with Gasteiger partial charge in [0, 0.05) is 6.54 Å². The molecule has 0 aromatic heterocycles. The van der Waals surface area contributed by atoms with Crippen molar-refractivity contribution in [1.82, 2.24) is 5.32 Å². The van der Waals surface area contributed by atoms with Gasteiger partial charge in [-0.3, -0.25) is 4.79 Å². The first-order chi connectivity index (χ1) is 5.76. The maximum absolute atomic E-state index is 11.1. The number of esters is 1. The molecule has 2 rings (SSSR count). The predicted octanol–water partition coefficient (Wildman–Crippen LogP) is 1.11. The molecule has 1 saturated carbocycles. The van der Waals surface area contributed by atoms with Gasteiger partial charge in [-0.1, -0.05) is 0 Å². The quantitative estimate of drug-likeness (QED) is 0.652. The Kier molecular flexibility index (Phi) is 3.19. The van der Waals surface area contributed by atoms with Crippen molar-refractivity contribution in [3.8, 4) is 0 Å². The molecule has 1 heterocycles. The monoisotopic (exact) mass is 205 g/mol. The fourth-order valence-corrected chi connectivity index (χ4v) is 1.93. The van der Waals surface area contributed by atoms with Gasteiger partial charge in [-0.25, -0.2) is 0 Å². The topological polar surface area (TPSA) is 38.3 Å². The van der Waals surface area contributed by atoms with Crippen LogP contribution in [0.5, 0.6) is 0 Å². The van der Waals surface area contributed by atoms with Gasteiger partial charge in [0.15, 0.2) is 0 Å². The molecule has 1 atom stereocenters. The van der Waals surface area contributed by atoms with E-state index in [9.17, 15) is 4.79 Å². The highest BCUT2D eigenvalue weighted by Crippen LogP contribution is 2.50. The Balaban J connectivity index is 0.000000845. The van der Waals surface area contributed by atoms with Crippen LogP contribution in [0.4, 0.5) is 0 Å². The van der Waals surface area contributed by atoms with Gasteiger partial charge in [0.25, 0.3) is 0 Å². The molecule has 1 spiro atoms. The summed E-state index contributed by atoms with van der Waals surface area (Å²) in [6, 6.07) is -0.0405. The average Bonchev–Trinajstić information content (AvgIpc) is 2.85. The van der Waals surface area contributed by atoms with E-state index in [-0.39, 0.29) is 24.4 Å². The Morgan fingerprint density at radius 1 is 1.46 bits per heavy atom. The number of ether oxygens (including phenoxy) is 1. The molecule has 0 aromatic rings. The Morgan fingerprint density at radius 2 is 2.15 bits per heavy atom. The third-order valence-electron chi connectivity index (χ3n) is 3.13. The van der Waals surface area contributed by atoms with E-state index < -0.39 is 0 Å². The van der Waals surface area contributed by atoms with Crippen LogP contribution < -0.4 is 5.32 Å². The summed E-state index contributed by atoms with van der Waals surface area (Å²) in [6.07, 6.45) is 4.83. The molecule has 2 fully saturated rings. The molecule has 1 aliphatic heterocycles. The van der Waals surface area contributed by atoms with Crippen LogP contribution in [-0.2, 0) is 9.53 Å². The fraction of sp³-hybridized carbons (Fsp3) is 0.889. The van der Waals surface area contributed by atoms with Gasteiger partial charge < -0.3 is 10.1 Å². The predicted molar refractivity (Wildman–Crippen MR) is 52.0 cm³/mol. The van der Waals surface area contributed by atoms with Crippen LogP contribution in [0.2, 0.25) is 0 Å². The molecule has 0 aromatic carbocycles. The van der Waals surface area contributed by atoms with Crippen LogP contribution >= 0.6 is 12.4 Å². The summed E-state index contributed by atoms with van der Waals surface area (Å²) in [5.41, 5.74) is 0.574. The van der Waals surface area contributed by atoms with Crippen molar-refractivity contribution < 1.29 is 9.53 Å². The number of nitrogens with one attached hydrogen (secondary N) is 1. The molecular formula is C9H16ClNO2. The minimum absolute atomic E-state index is 0. The van der Waals surface area contributed by atoms with E-state index in [1.54, 1.807) is 0 Å². The maximum Gasteiger partial charge on any atom is 0.322 e. The van der Waals surface area contributed by atoms with Crippen LogP contribution in [0.15, 0.2) is 0 Å². The highest BCUT2D eigenvalue weighted by molar-refractivity contribution is 5.85. The zero-order valence-electron chi connectivity index (χ0n) is 7.84. The first-order valence-electron chi connectivity index (χ1n) is 4.57. The summed E-state index contributed by atoms with van der Waals surface area (Å²) in [7, 11) is 1.45. The number of carbonyl (C=O) groups excluding carboxylic acids is 1. The van der Waals surface area contributed by atoms with Crippen LogP contribution in [0.1, 0.15) is 25.7 Å². The largest absolute Gasteiger partial charge is 0.468 e. The van der Waals surface area contributed by atoms with Gasteiger partial charge in [-0.2, -0.15) is 0 Å². The molecule has 76 valence electrons. The lowest BCUT2D eigenvalue weighted by Gasteiger charge is -2.27. The van der Waals surface area contributed by atoms with Crippen molar-refractivity contribution in [3.05, 3.63) is 0 Å². The van der Waals surface area contributed by atoms with E-state index in [1.807, 2.05) is 0 Å². The Bertz CT molecular complexity index is 194. The average molecular weight is 206 g/mol. The van der Waals surface area contributed by atoms with Gasteiger partial charge in [-0.15, -0.1) is 12.4 Å². The smallest absolute Gasteiger partial charge is 0.322 e. The third-order valence-corrected chi connectivity index (χ3v) is 3.13. The molecule has 1 aliphatic carbocycles. The van der Waals surface area contributed by atoms with E-state index in [4.69, 9.17) is 0 Å². The second-order valence-corrected chi connectivity index (χ2v) is 4.00. The Morgan fingerprint density at radius 3 is 2.54 bits per heavy atom. The second-order valence-electron chi connectivity index (χ2n) is 4.00. The lowest BCUT2D eigenvalue weighted by Crippen LogP contribution is -2.45. The number of halogens is 1. The Labute approximate surface area is 84.6 Å². The van der Waals surface area contributed by atoms with Gasteiger partial charge in [0.1, 0.15) is 6.04 Å². The van der Waals surface area contributed by atoms with E-state index in [2.05, 4.69) is 10.1 Å². The van der Waals surface area contributed by atoms with Gasteiger partial charge in [0.2, 0.25) is 0 Å². The minimum atomic E-state index is -0.106. The summed E-state index contributed by atoms with van der Waals surface area (Å²) >= 11 is 0. The number of carbonyl (C=O) groups is 1. The van der Waals surface area contributed by atoms with Crippen molar-refractivity contribution in [2.45, 2.75) is 31.7 Å². The number of rotatable bonds is 1. The highest BCUT2D eigenvalue weighted by Gasteiger charge is 2.46. The zero-order chi connectivity index (χ0) is 8.60. The standard InChI is InChI=1S/C9H15NO2.ClH/c1-12-8(11)7-2-3-9(4-5-9)6-10-7;/h7,10H,2-6H2,1H3;1H. The zero-order valence-corrected chi connectivity index (χ0v) is 8.65. The molecule has 1 saturated heterocycles. The summed E-state index contributed by atoms with van der Waals surface area (Å²) in [4.78, 5) is 11.1. The molecular weight excluding hydrogens is 190 g/mol. The van der Waals surface area contributed by atoms with Crippen molar-refractivity contribution in [3.63, 3.8) is 0 Å². The number of piperidine rings is 1. The SMILES string of the molecule is COC(=O)C1CCC2(CC2)CN1.Cl. The van der Waals surface area contributed by atoms with Crippen LogP contribution in [0.3, 0.4) is 0 Å². The normalized spacial score (nSPS) is 29.2. The van der Waals surface area contributed by atoms with Crippen LogP contribution in [-0.4, -0.2) is 25.7 Å². The molecule has 0 bridgehead atoms. The van der Waals surface area contributed by atoms with E-state index in [1.165, 1.54) is 26.4 Å². The van der Waals surface area contributed by atoms with Gasteiger partial charge >= 0.3 is 5.97 Å². The molecule has 2 aliphatic rings. The van der Waals surface area contributed by atoms with E-state index >= 15 is 0 Å². The lowest BCUT2D eigenvalue weighted by atomic mass is 9.92. The molecule has 1 N–H and O–H groups in total. The third kappa shape index (κ3) is 2.15. The second kappa shape index (κ2) is 3.84. The molecule has 4 heteroatoms. The summed E-state index contributed by atoms with van der Waals surface area (Å²) in [5.74, 6) is -0.106. The number of methoxy groups -OCH3 is 1. The molecule has 1 unspecified atom stereocenters. The first-order valence-corrected chi connectivity index (χ1v) is 4.57. The van der Waals surface area contributed by atoms with Crippen molar-refractivity contribution in [1.29, 1.82) is 0 Å². The van der Waals surface area contributed by atoms with Gasteiger partial charge in [0.05, 0.1) is 7.11 Å². The highest BCUT2D eigenvalue weighted by atomic mass is 35.5. The lowest BCUT2D eigenvalue weighted by molar-refractivity contribution is -0.144. The fourth-order valence-electron chi connectivity index (χ4n) is 1.93. The van der Waals surface area contributed by atoms with Crippen LogP contribution in [0, 0.1) is 5.41 Å². The minimum Gasteiger partial charge on any atom is -0.468 e. The van der Waals surface area contributed by atoms with Crippen LogP contribution in [0.25, 0.3) is 0 Å². The van der Waals surface area contributed by atoms with Gasteiger partial charge in [-0.05, 0) is 31.1 Å². The summed E-state index contributed by atoms with van der Waals surface area (Å²) in [5, 5.41) is 3.25. The van der Waals surface area contributed by atoms with Crippen molar-refractivity contribution in [2.24, 2.45) is 5.41 Å². The Hall–Kier alpha value is -0.280. The number of hydrogen-bond acceptors (Lipinski definition) is 3. The molecule has 0 amide bonds. The summed E-state index contributed by atoms with van der Waals surface area (Å²) < 4.78 is 4.68. The van der Waals surface area contributed by atoms with Crippen molar-refractivity contribution in [2.75, 3.05) is 13.7 Å². The summed E-state index contributed by atoms with van der Waals surface area (Å²) in [6.45, 7) is 1.01. The maximum atomic E-state index is 11.1. The van der Waals surface area contributed by atoms with E-state index in [0.29, 0.717) is 5.41 Å².